The number of carbonyl (C=O) groups is 4. The molecule has 0 fully saturated rings. The van der Waals surface area contributed by atoms with Gasteiger partial charge in [-0.1, -0.05) is 42.5 Å². The van der Waals surface area contributed by atoms with Gasteiger partial charge in [0.25, 0.3) is 5.91 Å². The van der Waals surface area contributed by atoms with E-state index in [0.717, 1.165) is 22.4 Å². The Bertz CT molecular complexity index is 1510. The minimum Gasteiger partial charge on any atom is -0.507 e. The van der Waals surface area contributed by atoms with E-state index in [1.54, 1.807) is 0 Å². The Kier molecular flexibility index (Phi) is 5.39. The Balaban J connectivity index is 1.58. The van der Waals surface area contributed by atoms with Crippen LogP contribution in [0.2, 0.25) is 0 Å². The van der Waals surface area contributed by atoms with Gasteiger partial charge < -0.3 is 19.9 Å². The molecule has 0 radical (unpaired) electrons. The Morgan fingerprint density at radius 3 is 2.58 bits per heavy atom. The second-order valence-electron chi connectivity index (χ2n) is 9.04. The monoisotopic (exact) mass is 485 g/mol. The number of nitrogens with one attached hydrogen (secondary N) is 1. The van der Waals surface area contributed by atoms with Gasteiger partial charge in [-0.05, 0) is 30.2 Å². The summed E-state index contributed by atoms with van der Waals surface area (Å²) in [6, 6.07) is 14.8. The number of ketones is 3. The molecule has 2 atom stereocenters. The molecule has 0 saturated heterocycles. The second-order valence-corrected chi connectivity index (χ2v) is 9.04. The summed E-state index contributed by atoms with van der Waals surface area (Å²) >= 11 is 0. The summed E-state index contributed by atoms with van der Waals surface area (Å²) in [5, 5.41) is 15.7. The number of phenols is 1. The fourth-order valence-electron chi connectivity index (χ4n) is 5.06. The molecule has 1 heterocycles. The number of carbonyl (C=O) groups excluding carboxylic acids is 4. The number of hydrogen-bond donors (Lipinski definition) is 2. The van der Waals surface area contributed by atoms with Gasteiger partial charge in [0.2, 0.25) is 0 Å². The number of Topliss-reactive ketones (excluding diaryl/α,β-unsaturated/α-hetero) is 2. The Labute approximate surface area is 206 Å². The van der Waals surface area contributed by atoms with Crippen molar-refractivity contribution in [3.05, 3.63) is 77.1 Å². The molecular formula is C28H23NO7. The third kappa shape index (κ3) is 3.29. The molecule has 1 unspecified atom stereocenters. The Morgan fingerprint density at radius 2 is 1.86 bits per heavy atom. The molecule has 3 aromatic carbocycles. The van der Waals surface area contributed by atoms with Crippen LogP contribution in [0.3, 0.4) is 0 Å². The number of fused-ring (bicyclic) bond motifs is 4. The number of benzene rings is 3. The van der Waals surface area contributed by atoms with E-state index in [0.29, 0.717) is 0 Å². The first-order chi connectivity index (χ1) is 17.2. The summed E-state index contributed by atoms with van der Waals surface area (Å²) in [6.45, 7) is 2.83. The molecule has 2 N–H and O–H groups in total. The molecule has 1 amide bonds. The standard InChI is InChI=1S/C28H23NO7/c1-14(30)22-18(31)12-21-28(2,26(22)33)24-19(32)11-20(35-3)23(25(24)36-21)27(34)29-13-16-9-6-8-15-7-4-5-10-17(15)16/h4-12,22,32H,13H2,1-3H3,(H,29,34)/t22?,28-/m1/s1. The zero-order chi connectivity index (χ0) is 25.8. The summed E-state index contributed by atoms with van der Waals surface area (Å²) in [6.07, 6.45) is 1.09. The van der Waals surface area contributed by atoms with E-state index >= 15 is 0 Å². The number of methoxy groups -OCH3 is 1. The van der Waals surface area contributed by atoms with E-state index < -0.39 is 34.6 Å². The smallest absolute Gasteiger partial charge is 0.259 e. The topological polar surface area (TPSA) is 119 Å². The molecule has 8 nitrogen and oxygen atoms in total. The Morgan fingerprint density at radius 1 is 1.14 bits per heavy atom. The lowest BCUT2D eigenvalue weighted by molar-refractivity contribution is -0.140. The van der Waals surface area contributed by atoms with Crippen molar-refractivity contribution in [1.82, 2.24) is 5.32 Å². The molecule has 1 aliphatic heterocycles. The first-order valence-electron chi connectivity index (χ1n) is 11.4. The third-order valence-corrected chi connectivity index (χ3v) is 6.91. The highest BCUT2D eigenvalue weighted by atomic mass is 16.5. The molecular weight excluding hydrogens is 462 g/mol. The second kappa shape index (κ2) is 8.34. The molecule has 1 aliphatic carbocycles. The van der Waals surface area contributed by atoms with Crippen molar-refractivity contribution < 1.29 is 33.8 Å². The van der Waals surface area contributed by atoms with Crippen LogP contribution < -0.4 is 14.8 Å². The van der Waals surface area contributed by atoms with Gasteiger partial charge in [-0.25, -0.2) is 0 Å². The first-order valence-corrected chi connectivity index (χ1v) is 11.4. The highest BCUT2D eigenvalue weighted by Crippen LogP contribution is 2.56. The summed E-state index contributed by atoms with van der Waals surface area (Å²) in [7, 11) is 1.34. The van der Waals surface area contributed by atoms with Gasteiger partial charge >= 0.3 is 0 Å². The van der Waals surface area contributed by atoms with Gasteiger partial charge in [0.15, 0.2) is 17.3 Å². The molecule has 0 bridgehead atoms. The number of rotatable bonds is 5. The maximum atomic E-state index is 13.5. The van der Waals surface area contributed by atoms with Crippen LogP contribution in [0.4, 0.5) is 0 Å². The number of allylic oxidation sites excluding steroid dienone is 2. The number of phenolic OH excluding ortho intramolecular Hbond substituents is 1. The van der Waals surface area contributed by atoms with Gasteiger partial charge in [-0.3, -0.25) is 19.2 Å². The van der Waals surface area contributed by atoms with Crippen molar-refractivity contribution in [3.8, 4) is 17.2 Å². The minimum absolute atomic E-state index is 0.0219. The molecule has 0 aromatic heterocycles. The molecule has 5 rings (SSSR count). The van der Waals surface area contributed by atoms with Crippen molar-refractivity contribution in [2.45, 2.75) is 25.8 Å². The SMILES string of the molecule is COc1cc(O)c2c(c1C(=O)NCc1cccc3ccccc13)OC1=CC(=O)C(C(C)=O)C(=O)[C@]12C. The van der Waals surface area contributed by atoms with Crippen LogP contribution in [0.15, 0.2) is 60.4 Å². The highest BCUT2D eigenvalue weighted by molar-refractivity contribution is 6.27. The maximum Gasteiger partial charge on any atom is 0.259 e. The van der Waals surface area contributed by atoms with Crippen molar-refractivity contribution in [3.63, 3.8) is 0 Å². The van der Waals surface area contributed by atoms with E-state index in [4.69, 9.17) is 9.47 Å². The zero-order valence-electron chi connectivity index (χ0n) is 19.9. The maximum absolute atomic E-state index is 13.5. The lowest BCUT2D eigenvalue weighted by atomic mass is 9.67. The first kappa shape index (κ1) is 23.3. The normalized spacial score (nSPS) is 20.3. The van der Waals surface area contributed by atoms with Crippen LogP contribution in [-0.4, -0.2) is 35.5 Å². The summed E-state index contributed by atoms with van der Waals surface area (Å²) in [5.74, 6) is -4.50. The largest absolute Gasteiger partial charge is 0.507 e. The van der Waals surface area contributed by atoms with E-state index in [-0.39, 0.29) is 40.7 Å². The van der Waals surface area contributed by atoms with Crippen LogP contribution in [0.25, 0.3) is 10.8 Å². The zero-order valence-corrected chi connectivity index (χ0v) is 19.9. The van der Waals surface area contributed by atoms with Gasteiger partial charge in [0.05, 0.1) is 12.7 Å². The third-order valence-electron chi connectivity index (χ3n) is 6.91. The van der Waals surface area contributed by atoms with E-state index in [1.807, 2.05) is 42.5 Å². The summed E-state index contributed by atoms with van der Waals surface area (Å²) in [5.41, 5.74) is -0.721. The minimum atomic E-state index is -1.61. The van der Waals surface area contributed by atoms with Crippen molar-refractivity contribution in [2.75, 3.05) is 7.11 Å². The predicted molar refractivity (Wildman–Crippen MR) is 130 cm³/mol. The van der Waals surface area contributed by atoms with E-state index in [9.17, 15) is 24.3 Å². The molecule has 2 aliphatic rings. The van der Waals surface area contributed by atoms with Crippen LogP contribution >= 0.6 is 0 Å². The van der Waals surface area contributed by atoms with E-state index in [2.05, 4.69) is 5.32 Å². The summed E-state index contributed by atoms with van der Waals surface area (Å²) in [4.78, 5) is 51.4. The average Bonchev–Trinajstić information content (AvgIpc) is 3.15. The molecule has 0 saturated carbocycles. The lowest BCUT2D eigenvalue weighted by Crippen LogP contribution is -2.47. The van der Waals surface area contributed by atoms with Crippen LogP contribution in [0.1, 0.15) is 35.3 Å². The van der Waals surface area contributed by atoms with Gasteiger partial charge in [-0.15, -0.1) is 0 Å². The lowest BCUT2D eigenvalue weighted by Gasteiger charge is -2.30. The molecule has 8 heteroatoms. The van der Waals surface area contributed by atoms with Crippen LogP contribution in [0, 0.1) is 5.92 Å². The fraction of sp³-hybridized carbons (Fsp3) is 0.214. The van der Waals surface area contributed by atoms with Crippen LogP contribution in [0.5, 0.6) is 17.2 Å². The van der Waals surface area contributed by atoms with Gasteiger partial charge in [0, 0.05) is 18.7 Å². The quantitative estimate of drug-likeness (QED) is 0.532. The van der Waals surface area contributed by atoms with Crippen molar-refractivity contribution in [1.29, 1.82) is 0 Å². The predicted octanol–water partition coefficient (Wildman–Crippen LogP) is 3.38. The van der Waals surface area contributed by atoms with Gasteiger partial charge in [0.1, 0.15) is 39.9 Å². The molecule has 36 heavy (non-hydrogen) atoms. The van der Waals surface area contributed by atoms with Crippen molar-refractivity contribution >= 4 is 34.0 Å². The molecule has 0 spiro atoms. The van der Waals surface area contributed by atoms with Gasteiger partial charge in [-0.2, -0.15) is 0 Å². The number of amides is 1. The number of ether oxygens (including phenoxy) is 2. The van der Waals surface area contributed by atoms with Crippen molar-refractivity contribution in [2.24, 2.45) is 5.92 Å². The fourth-order valence-corrected chi connectivity index (χ4v) is 5.06. The summed E-state index contributed by atoms with van der Waals surface area (Å²) < 4.78 is 11.3. The highest BCUT2D eigenvalue weighted by Gasteiger charge is 2.58. The number of aromatic hydroxyl groups is 1. The van der Waals surface area contributed by atoms with Crippen LogP contribution in [-0.2, 0) is 26.3 Å². The average molecular weight is 485 g/mol. The molecule has 182 valence electrons. The van der Waals surface area contributed by atoms with E-state index in [1.165, 1.54) is 27.0 Å². The molecule has 3 aromatic rings. The number of hydrogen-bond acceptors (Lipinski definition) is 7. The Hall–Kier alpha value is -4.46.